The van der Waals surface area contributed by atoms with E-state index in [4.69, 9.17) is 9.84 Å². The Morgan fingerprint density at radius 1 is 1.50 bits per heavy atom. The third-order valence-corrected chi connectivity index (χ3v) is 2.94. The van der Waals surface area contributed by atoms with Crippen LogP contribution in [-0.2, 0) is 16.1 Å². The summed E-state index contributed by atoms with van der Waals surface area (Å²) in [6.07, 6.45) is 4.56. The van der Waals surface area contributed by atoms with E-state index in [1.54, 1.807) is 12.1 Å². The van der Waals surface area contributed by atoms with Gasteiger partial charge in [0.15, 0.2) is 0 Å². The zero-order chi connectivity index (χ0) is 15.0. The maximum absolute atomic E-state index is 13.8. The second-order valence-corrected chi connectivity index (χ2v) is 4.93. The average Bonchev–Trinajstić information content (AvgIpc) is 2.39. The van der Waals surface area contributed by atoms with Crippen LogP contribution in [-0.4, -0.2) is 17.7 Å². The Morgan fingerprint density at radius 3 is 2.85 bits per heavy atom. The molecule has 1 aromatic rings. The summed E-state index contributed by atoms with van der Waals surface area (Å²) in [5.41, 5.74) is 1.01. The normalized spacial score (nSPS) is 12.8. The van der Waals surface area contributed by atoms with Crippen LogP contribution in [0.5, 0.6) is 0 Å². The van der Waals surface area contributed by atoms with Crippen molar-refractivity contribution in [1.82, 2.24) is 0 Å². The number of rotatable bonds is 8. The molecule has 0 radical (unpaired) electrons. The molecule has 0 saturated carbocycles. The van der Waals surface area contributed by atoms with E-state index in [1.165, 1.54) is 12.1 Å². The van der Waals surface area contributed by atoms with E-state index < -0.39 is 5.97 Å². The van der Waals surface area contributed by atoms with Gasteiger partial charge >= 0.3 is 5.97 Å². The van der Waals surface area contributed by atoms with Gasteiger partial charge in [-0.05, 0) is 30.0 Å². The van der Waals surface area contributed by atoms with Crippen LogP contribution in [0.15, 0.2) is 24.3 Å². The van der Waals surface area contributed by atoms with Crippen molar-refractivity contribution in [3.05, 3.63) is 41.2 Å². The van der Waals surface area contributed by atoms with Gasteiger partial charge in [0.05, 0.1) is 6.61 Å². The molecule has 0 aromatic heterocycles. The lowest BCUT2D eigenvalue weighted by atomic mass is 10.1. The van der Waals surface area contributed by atoms with E-state index in [2.05, 4.69) is 13.8 Å². The lowest BCUT2D eigenvalue weighted by molar-refractivity contribution is -0.131. The lowest BCUT2D eigenvalue weighted by Gasteiger charge is -2.11. The van der Waals surface area contributed by atoms with Gasteiger partial charge in [-0.25, -0.2) is 9.18 Å². The zero-order valence-electron chi connectivity index (χ0n) is 11.9. The Labute approximate surface area is 119 Å². The van der Waals surface area contributed by atoms with Crippen molar-refractivity contribution >= 4 is 12.0 Å². The Kier molecular flexibility index (Phi) is 6.94. The highest BCUT2D eigenvalue weighted by atomic mass is 19.1. The first-order valence-corrected chi connectivity index (χ1v) is 6.80. The van der Waals surface area contributed by atoms with Gasteiger partial charge < -0.3 is 9.84 Å². The van der Waals surface area contributed by atoms with Crippen LogP contribution in [0.3, 0.4) is 0 Å². The molecular weight excluding hydrogens is 259 g/mol. The molecule has 20 heavy (non-hydrogen) atoms. The number of halogens is 1. The maximum atomic E-state index is 13.8. The van der Waals surface area contributed by atoms with E-state index in [9.17, 15) is 9.18 Å². The first-order chi connectivity index (χ1) is 9.52. The number of hydrogen-bond acceptors (Lipinski definition) is 2. The number of ether oxygens (including phenoxy) is 1. The van der Waals surface area contributed by atoms with Crippen LogP contribution < -0.4 is 0 Å². The molecule has 0 aliphatic carbocycles. The Morgan fingerprint density at radius 2 is 2.25 bits per heavy atom. The number of carboxylic acids is 1. The minimum Gasteiger partial charge on any atom is -0.478 e. The molecule has 4 heteroatoms. The summed E-state index contributed by atoms with van der Waals surface area (Å²) in [5, 5.41) is 8.51. The van der Waals surface area contributed by atoms with E-state index in [1.807, 2.05) is 0 Å². The monoisotopic (exact) mass is 280 g/mol. The maximum Gasteiger partial charge on any atom is 0.328 e. The Balaban J connectivity index is 2.53. The summed E-state index contributed by atoms with van der Waals surface area (Å²) in [7, 11) is 0. The summed E-state index contributed by atoms with van der Waals surface area (Å²) in [6.45, 7) is 5.09. The molecule has 0 fully saturated rings. The van der Waals surface area contributed by atoms with Gasteiger partial charge in [0, 0.05) is 18.2 Å². The highest BCUT2D eigenvalue weighted by molar-refractivity contribution is 5.85. The van der Waals surface area contributed by atoms with E-state index in [0.29, 0.717) is 23.7 Å². The van der Waals surface area contributed by atoms with Crippen LogP contribution in [0, 0.1) is 11.7 Å². The molecule has 1 unspecified atom stereocenters. The molecule has 1 N–H and O–H groups in total. The minimum atomic E-state index is -1.05. The lowest BCUT2D eigenvalue weighted by Crippen LogP contribution is -2.06. The van der Waals surface area contributed by atoms with Crippen molar-refractivity contribution in [3.8, 4) is 0 Å². The molecule has 110 valence electrons. The SMILES string of the molecule is CCCC(C)COCc1ccc(/C=C/C(=O)O)cc1F. The summed E-state index contributed by atoms with van der Waals surface area (Å²) >= 11 is 0. The number of benzene rings is 1. The van der Waals surface area contributed by atoms with Crippen molar-refractivity contribution in [2.45, 2.75) is 33.3 Å². The Bertz CT molecular complexity index is 469. The van der Waals surface area contributed by atoms with Crippen LogP contribution in [0.1, 0.15) is 37.8 Å². The van der Waals surface area contributed by atoms with Gasteiger partial charge in [-0.3, -0.25) is 0 Å². The number of carboxylic acid groups (broad SMARTS) is 1. The van der Waals surface area contributed by atoms with Gasteiger partial charge in [0.2, 0.25) is 0 Å². The summed E-state index contributed by atoms with van der Waals surface area (Å²) in [6, 6.07) is 4.62. The second-order valence-electron chi connectivity index (χ2n) is 4.93. The van der Waals surface area contributed by atoms with Crippen LogP contribution >= 0.6 is 0 Å². The van der Waals surface area contributed by atoms with Crippen molar-refractivity contribution in [2.75, 3.05) is 6.61 Å². The highest BCUT2D eigenvalue weighted by Crippen LogP contribution is 2.14. The van der Waals surface area contributed by atoms with E-state index >= 15 is 0 Å². The predicted octanol–water partition coefficient (Wildman–Crippen LogP) is 3.88. The van der Waals surface area contributed by atoms with Crippen LogP contribution in [0.25, 0.3) is 6.08 Å². The third-order valence-electron chi connectivity index (χ3n) is 2.94. The molecule has 0 amide bonds. The van der Waals surface area contributed by atoms with Crippen molar-refractivity contribution < 1.29 is 19.0 Å². The van der Waals surface area contributed by atoms with Gasteiger partial charge in [-0.2, -0.15) is 0 Å². The number of aliphatic carboxylic acids is 1. The van der Waals surface area contributed by atoms with Gasteiger partial charge in [-0.15, -0.1) is 0 Å². The fourth-order valence-corrected chi connectivity index (χ4v) is 1.90. The van der Waals surface area contributed by atoms with Crippen molar-refractivity contribution in [3.63, 3.8) is 0 Å². The molecule has 1 aromatic carbocycles. The first kappa shape index (κ1) is 16.4. The topological polar surface area (TPSA) is 46.5 Å². The fraction of sp³-hybridized carbons (Fsp3) is 0.438. The molecule has 1 atom stereocenters. The molecule has 0 aliphatic heterocycles. The second kappa shape index (κ2) is 8.48. The Hall–Kier alpha value is -1.68. The highest BCUT2D eigenvalue weighted by Gasteiger charge is 2.05. The van der Waals surface area contributed by atoms with Gasteiger partial charge in [0.1, 0.15) is 5.82 Å². The van der Waals surface area contributed by atoms with Gasteiger partial charge in [0.25, 0.3) is 0 Å². The van der Waals surface area contributed by atoms with E-state index in [0.717, 1.165) is 18.9 Å². The quantitative estimate of drug-likeness (QED) is 0.735. The van der Waals surface area contributed by atoms with Crippen LogP contribution in [0.4, 0.5) is 4.39 Å². The largest absolute Gasteiger partial charge is 0.478 e. The number of carbonyl (C=O) groups is 1. The standard InChI is InChI=1S/C16H21FO3/c1-3-4-12(2)10-20-11-14-7-5-13(9-15(14)17)6-8-16(18)19/h5-9,12H,3-4,10-11H2,1-2H3,(H,18,19)/b8-6+. The molecule has 0 bridgehead atoms. The average molecular weight is 280 g/mol. The molecule has 0 aliphatic rings. The summed E-state index contributed by atoms with van der Waals surface area (Å²) in [5.74, 6) is -0.954. The van der Waals surface area contributed by atoms with E-state index in [-0.39, 0.29) is 12.4 Å². The summed E-state index contributed by atoms with van der Waals surface area (Å²) in [4.78, 5) is 10.4. The zero-order valence-corrected chi connectivity index (χ0v) is 11.9. The smallest absolute Gasteiger partial charge is 0.328 e. The third kappa shape index (κ3) is 5.97. The summed E-state index contributed by atoms with van der Waals surface area (Å²) < 4.78 is 19.3. The number of hydrogen-bond donors (Lipinski definition) is 1. The first-order valence-electron chi connectivity index (χ1n) is 6.80. The van der Waals surface area contributed by atoms with Crippen LogP contribution in [0.2, 0.25) is 0 Å². The van der Waals surface area contributed by atoms with Crippen molar-refractivity contribution in [2.24, 2.45) is 5.92 Å². The fourth-order valence-electron chi connectivity index (χ4n) is 1.90. The van der Waals surface area contributed by atoms with Gasteiger partial charge in [-0.1, -0.05) is 32.4 Å². The van der Waals surface area contributed by atoms with Crippen molar-refractivity contribution in [1.29, 1.82) is 0 Å². The minimum absolute atomic E-state index is 0.239. The molecule has 0 saturated heterocycles. The molecular formula is C16H21FO3. The molecule has 0 heterocycles. The molecule has 0 spiro atoms. The predicted molar refractivity (Wildman–Crippen MR) is 76.8 cm³/mol. The molecule has 3 nitrogen and oxygen atoms in total. The molecule has 1 rings (SSSR count).